The molecule has 0 radical (unpaired) electrons. The molecule has 0 aromatic heterocycles. The number of ether oxygens (including phenoxy) is 2. The number of hydrogen-bond acceptors (Lipinski definition) is 6. The molecule has 2 amide bonds. The molecule has 2 heterocycles. The molecule has 0 unspecified atom stereocenters. The van der Waals surface area contributed by atoms with Crippen molar-refractivity contribution in [2.75, 3.05) is 24.7 Å². The number of carbonyl (C=O) groups excluding carboxylic acids is 2. The molecule has 1 saturated heterocycles. The number of rotatable bonds is 11. The predicted octanol–water partition coefficient (Wildman–Crippen LogP) is 5.06. The van der Waals surface area contributed by atoms with E-state index in [-0.39, 0.29) is 61.7 Å². The minimum atomic E-state index is -2.65. The van der Waals surface area contributed by atoms with Crippen molar-refractivity contribution in [1.82, 2.24) is 4.90 Å². The molecule has 0 saturated carbocycles. The Morgan fingerprint density at radius 1 is 0.977 bits per heavy atom. The maximum atomic E-state index is 13.5. The molecule has 0 spiro atoms. The van der Waals surface area contributed by atoms with Gasteiger partial charge in [-0.15, -0.1) is 0 Å². The van der Waals surface area contributed by atoms with Crippen molar-refractivity contribution in [2.24, 2.45) is 5.92 Å². The van der Waals surface area contributed by atoms with Crippen LogP contribution < -0.4 is 9.64 Å². The third-order valence-electron chi connectivity index (χ3n) is 8.65. The van der Waals surface area contributed by atoms with E-state index in [1.807, 2.05) is 92.0 Å². The van der Waals surface area contributed by atoms with Gasteiger partial charge in [0, 0.05) is 24.3 Å². The molecule has 8 nitrogen and oxygen atoms in total. The minimum absolute atomic E-state index is 0.00897. The van der Waals surface area contributed by atoms with Gasteiger partial charge in [-0.05, 0) is 67.2 Å². The van der Waals surface area contributed by atoms with Crippen molar-refractivity contribution in [3.63, 3.8) is 0 Å². The van der Waals surface area contributed by atoms with Crippen LogP contribution in [0.1, 0.15) is 30.9 Å². The Morgan fingerprint density at radius 3 is 2.37 bits per heavy atom. The maximum Gasteiger partial charge on any atom is 0.269 e. The fourth-order valence-electron chi connectivity index (χ4n) is 6.63. The fourth-order valence-corrected chi connectivity index (χ4v) is 9.24. The number of amides is 2. The first-order valence-electron chi connectivity index (χ1n) is 15.1. The van der Waals surface area contributed by atoms with Crippen molar-refractivity contribution < 1.29 is 29.0 Å². The number of aliphatic hydroxyl groups excluding tert-OH is 1. The van der Waals surface area contributed by atoms with Crippen molar-refractivity contribution in [3.8, 4) is 5.75 Å². The number of nitrogens with zero attached hydrogens (tertiary/aromatic N) is 2. The summed E-state index contributed by atoms with van der Waals surface area (Å²) in [6.07, 6.45) is 1.25. The van der Waals surface area contributed by atoms with Gasteiger partial charge in [-0.2, -0.15) is 0 Å². The number of benzene rings is 3. The summed E-state index contributed by atoms with van der Waals surface area (Å²) in [7, 11) is -2.65. The van der Waals surface area contributed by atoms with Gasteiger partial charge < -0.3 is 24.3 Å². The van der Waals surface area contributed by atoms with Crippen LogP contribution in [0.3, 0.4) is 0 Å². The quantitative estimate of drug-likeness (QED) is 0.298. The Kier molecular flexibility index (Phi) is 9.66. The standard InChI is InChI=1S/C34H42N2O6Si/c1-24-29(18-15-25-13-16-27(17-14-25)36-28-11-7-8-12-30(28)41-23-33(36)39)42-31(34(24)43(2,3)40)21-32(38)35(19-20-37)22-26-9-5-4-6-10-26/h4-14,16-17,24,29,31,34,37,40H,15,18-23H2,1-3H3/t24-,29+,31-,34+/m1/s1. The summed E-state index contributed by atoms with van der Waals surface area (Å²) in [6.45, 7) is 6.56. The van der Waals surface area contributed by atoms with E-state index in [1.54, 1.807) is 9.80 Å². The highest BCUT2D eigenvalue weighted by Gasteiger charge is 2.50. The van der Waals surface area contributed by atoms with E-state index in [0.29, 0.717) is 12.3 Å². The predicted molar refractivity (Wildman–Crippen MR) is 169 cm³/mol. The van der Waals surface area contributed by atoms with Crippen LogP contribution in [0.4, 0.5) is 11.4 Å². The lowest BCUT2D eigenvalue weighted by molar-refractivity contribution is -0.135. The second-order valence-electron chi connectivity index (χ2n) is 12.2. The van der Waals surface area contributed by atoms with Gasteiger partial charge in [-0.3, -0.25) is 14.5 Å². The van der Waals surface area contributed by atoms with Gasteiger partial charge in [0.05, 0.1) is 30.9 Å². The summed E-state index contributed by atoms with van der Waals surface area (Å²) in [5, 5.41) is 9.63. The van der Waals surface area contributed by atoms with E-state index in [1.165, 1.54) is 0 Å². The van der Waals surface area contributed by atoms with E-state index >= 15 is 0 Å². The Hall–Kier alpha value is -3.50. The summed E-state index contributed by atoms with van der Waals surface area (Å²) in [6, 6.07) is 25.3. The molecule has 3 aromatic carbocycles. The fraction of sp³-hybridized carbons (Fsp3) is 0.412. The molecule has 2 N–H and O–H groups in total. The monoisotopic (exact) mass is 602 g/mol. The van der Waals surface area contributed by atoms with Crippen LogP contribution in [0, 0.1) is 5.92 Å². The summed E-state index contributed by atoms with van der Waals surface area (Å²) in [5.41, 5.74) is 3.59. The Balaban J connectivity index is 1.24. The summed E-state index contributed by atoms with van der Waals surface area (Å²) >= 11 is 0. The number of para-hydroxylation sites is 2. The molecular weight excluding hydrogens is 560 g/mol. The second-order valence-corrected chi connectivity index (χ2v) is 16.1. The van der Waals surface area contributed by atoms with Crippen LogP contribution in [-0.2, 0) is 27.3 Å². The van der Waals surface area contributed by atoms with E-state index in [0.717, 1.165) is 35.3 Å². The highest BCUT2D eigenvalue weighted by Crippen LogP contribution is 2.46. The lowest BCUT2D eigenvalue weighted by atomic mass is 9.95. The highest BCUT2D eigenvalue weighted by molar-refractivity contribution is 6.71. The summed E-state index contributed by atoms with van der Waals surface area (Å²) < 4.78 is 12.1. The van der Waals surface area contributed by atoms with Crippen molar-refractivity contribution in [2.45, 2.75) is 63.6 Å². The lowest BCUT2D eigenvalue weighted by Gasteiger charge is -2.31. The van der Waals surface area contributed by atoms with Gasteiger partial charge in [0.15, 0.2) is 14.9 Å². The topological polar surface area (TPSA) is 99.5 Å². The molecule has 2 aliphatic heterocycles. The molecule has 4 atom stereocenters. The molecule has 5 rings (SSSR count). The number of fused-ring (bicyclic) bond motifs is 1. The SMILES string of the molecule is C[C@H]1[C@H]([Si](C)(C)O)[C@@H](CC(=O)N(CCO)Cc2ccccc2)O[C@H]1CCc1ccc(N2C(=O)COc3ccccc32)cc1. The van der Waals surface area contributed by atoms with Crippen LogP contribution in [0.2, 0.25) is 18.6 Å². The largest absolute Gasteiger partial charge is 0.482 e. The molecule has 228 valence electrons. The van der Waals surface area contributed by atoms with E-state index < -0.39 is 8.32 Å². The summed E-state index contributed by atoms with van der Waals surface area (Å²) in [5.74, 6) is 0.611. The second kappa shape index (κ2) is 13.4. The van der Waals surface area contributed by atoms with Gasteiger partial charge in [0.1, 0.15) is 5.75 Å². The van der Waals surface area contributed by atoms with E-state index in [4.69, 9.17) is 9.47 Å². The molecule has 1 fully saturated rings. The molecule has 9 heteroatoms. The maximum absolute atomic E-state index is 13.5. The van der Waals surface area contributed by atoms with Crippen LogP contribution >= 0.6 is 0 Å². The van der Waals surface area contributed by atoms with Gasteiger partial charge in [0.25, 0.3) is 5.91 Å². The zero-order chi connectivity index (χ0) is 30.6. The smallest absolute Gasteiger partial charge is 0.269 e. The van der Waals surface area contributed by atoms with Crippen LogP contribution in [0.5, 0.6) is 5.75 Å². The molecule has 0 bridgehead atoms. The van der Waals surface area contributed by atoms with Crippen molar-refractivity contribution >= 4 is 31.5 Å². The third-order valence-corrected chi connectivity index (χ3v) is 11.2. The first-order chi connectivity index (χ1) is 20.7. The van der Waals surface area contributed by atoms with Gasteiger partial charge >= 0.3 is 0 Å². The average Bonchev–Trinajstić information content (AvgIpc) is 3.31. The first kappa shape index (κ1) is 30.9. The van der Waals surface area contributed by atoms with Crippen LogP contribution in [0.25, 0.3) is 0 Å². The summed E-state index contributed by atoms with van der Waals surface area (Å²) in [4.78, 5) is 40.8. The van der Waals surface area contributed by atoms with Crippen LogP contribution in [0.15, 0.2) is 78.9 Å². The number of aliphatic hydroxyl groups is 1. The van der Waals surface area contributed by atoms with Crippen LogP contribution in [-0.4, -0.2) is 66.9 Å². The van der Waals surface area contributed by atoms with E-state index in [2.05, 4.69) is 6.92 Å². The third kappa shape index (κ3) is 7.18. The first-order valence-corrected chi connectivity index (χ1v) is 18.1. The normalized spacial score (nSPS) is 21.8. The zero-order valence-electron chi connectivity index (χ0n) is 25.2. The minimum Gasteiger partial charge on any atom is -0.482 e. The Bertz CT molecular complexity index is 1390. The van der Waals surface area contributed by atoms with Crippen molar-refractivity contribution in [1.29, 1.82) is 0 Å². The zero-order valence-corrected chi connectivity index (χ0v) is 26.2. The highest BCUT2D eigenvalue weighted by atomic mass is 28.4. The number of aryl methyl sites for hydroxylation is 1. The Labute approximate surface area is 255 Å². The van der Waals surface area contributed by atoms with Gasteiger partial charge in [0.2, 0.25) is 5.91 Å². The molecule has 43 heavy (non-hydrogen) atoms. The number of anilines is 2. The molecule has 0 aliphatic carbocycles. The molecule has 3 aromatic rings. The lowest BCUT2D eigenvalue weighted by Crippen LogP contribution is -2.42. The van der Waals surface area contributed by atoms with Gasteiger partial charge in [-0.25, -0.2) is 0 Å². The van der Waals surface area contributed by atoms with Gasteiger partial charge in [-0.1, -0.05) is 61.5 Å². The molecular formula is C34H42N2O6Si. The average molecular weight is 603 g/mol. The number of carbonyl (C=O) groups is 2. The van der Waals surface area contributed by atoms with Crippen molar-refractivity contribution in [3.05, 3.63) is 90.0 Å². The number of hydrogen-bond donors (Lipinski definition) is 2. The van der Waals surface area contributed by atoms with E-state index in [9.17, 15) is 19.5 Å². The Morgan fingerprint density at radius 2 is 1.67 bits per heavy atom. The molecule has 2 aliphatic rings.